The van der Waals surface area contributed by atoms with Crippen LogP contribution in [0.1, 0.15) is 51.5 Å². The Morgan fingerprint density at radius 2 is 2.12 bits per heavy atom. The molecule has 1 heterocycles. The molecule has 0 saturated heterocycles. The molecule has 3 N–H and O–H groups in total. The smallest absolute Gasteiger partial charge is 0.134 e. The van der Waals surface area contributed by atoms with Gasteiger partial charge in [-0.1, -0.05) is 20.8 Å². The summed E-state index contributed by atoms with van der Waals surface area (Å²) in [6, 6.07) is 0. The average molecular weight is 234 g/mol. The van der Waals surface area contributed by atoms with Crippen molar-refractivity contribution >= 4 is 11.6 Å². The maximum Gasteiger partial charge on any atom is 0.134 e. The Balaban J connectivity index is 2.12. The van der Waals surface area contributed by atoms with Crippen molar-refractivity contribution in [2.75, 3.05) is 17.6 Å². The van der Waals surface area contributed by atoms with E-state index in [0.29, 0.717) is 17.2 Å². The van der Waals surface area contributed by atoms with Gasteiger partial charge in [-0.25, -0.2) is 9.97 Å². The predicted octanol–water partition coefficient (Wildman–Crippen LogP) is 2.78. The van der Waals surface area contributed by atoms with Gasteiger partial charge in [-0.2, -0.15) is 0 Å². The molecular formula is C13H22N4. The summed E-state index contributed by atoms with van der Waals surface area (Å²) < 4.78 is 0. The normalized spacial score (nSPS) is 17.2. The van der Waals surface area contributed by atoms with E-state index in [1.54, 1.807) is 0 Å². The third-order valence-corrected chi connectivity index (χ3v) is 3.83. The quantitative estimate of drug-likeness (QED) is 0.822. The summed E-state index contributed by atoms with van der Waals surface area (Å²) in [6.45, 7) is 7.49. The molecule has 0 bridgehead atoms. The molecule has 4 heteroatoms. The van der Waals surface area contributed by atoms with Gasteiger partial charge in [0.05, 0.1) is 0 Å². The highest BCUT2D eigenvalue weighted by atomic mass is 15.0. The minimum atomic E-state index is 0.343. The van der Waals surface area contributed by atoms with Crippen LogP contribution >= 0.6 is 0 Å². The molecule has 1 aliphatic carbocycles. The van der Waals surface area contributed by atoms with Gasteiger partial charge in [-0.3, -0.25) is 0 Å². The molecule has 1 aliphatic rings. The van der Waals surface area contributed by atoms with Crippen molar-refractivity contribution in [2.24, 2.45) is 5.41 Å². The van der Waals surface area contributed by atoms with Crippen LogP contribution in [0, 0.1) is 5.41 Å². The van der Waals surface area contributed by atoms with Gasteiger partial charge in [0.1, 0.15) is 18.0 Å². The van der Waals surface area contributed by atoms with E-state index >= 15 is 0 Å². The van der Waals surface area contributed by atoms with Crippen LogP contribution in [-0.2, 0) is 0 Å². The maximum absolute atomic E-state index is 5.92. The van der Waals surface area contributed by atoms with Crippen LogP contribution in [0.4, 0.5) is 11.6 Å². The lowest BCUT2D eigenvalue weighted by Crippen LogP contribution is -2.17. The Morgan fingerprint density at radius 3 is 2.65 bits per heavy atom. The van der Waals surface area contributed by atoms with Crippen molar-refractivity contribution in [1.82, 2.24) is 9.97 Å². The Morgan fingerprint density at radius 1 is 1.41 bits per heavy atom. The lowest BCUT2D eigenvalue weighted by atomic mass is 10.0. The van der Waals surface area contributed by atoms with Gasteiger partial charge in [0.25, 0.3) is 0 Å². The second-order valence-electron chi connectivity index (χ2n) is 5.38. The first-order valence-corrected chi connectivity index (χ1v) is 6.42. The van der Waals surface area contributed by atoms with E-state index in [2.05, 4.69) is 36.1 Å². The van der Waals surface area contributed by atoms with E-state index < -0.39 is 0 Å². The molecule has 2 rings (SSSR count). The summed E-state index contributed by atoms with van der Waals surface area (Å²) in [4.78, 5) is 8.39. The molecule has 0 aromatic carbocycles. The van der Waals surface area contributed by atoms with Crippen molar-refractivity contribution in [3.8, 4) is 0 Å². The fourth-order valence-electron chi connectivity index (χ4n) is 2.22. The van der Waals surface area contributed by atoms with Gasteiger partial charge in [-0.05, 0) is 30.6 Å². The summed E-state index contributed by atoms with van der Waals surface area (Å²) in [6.07, 6.45) is 5.43. The van der Waals surface area contributed by atoms with Crippen molar-refractivity contribution in [1.29, 1.82) is 0 Å². The largest absolute Gasteiger partial charge is 0.383 e. The number of hydrogen-bond acceptors (Lipinski definition) is 4. The van der Waals surface area contributed by atoms with Crippen LogP contribution in [0.25, 0.3) is 0 Å². The Kier molecular flexibility index (Phi) is 3.22. The van der Waals surface area contributed by atoms with Crippen molar-refractivity contribution in [2.45, 2.75) is 46.0 Å². The molecule has 0 amide bonds. The number of aromatic nitrogens is 2. The van der Waals surface area contributed by atoms with Crippen LogP contribution < -0.4 is 11.1 Å². The summed E-state index contributed by atoms with van der Waals surface area (Å²) >= 11 is 0. The van der Waals surface area contributed by atoms with E-state index in [1.165, 1.54) is 25.6 Å². The van der Waals surface area contributed by atoms with Crippen LogP contribution in [0.2, 0.25) is 0 Å². The maximum atomic E-state index is 5.92. The Bertz CT molecular complexity index is 396. The zero-order valence-corrected chi connectivity index (χ0v) is 11.0. The van der Waals surface area contributed by atoms with Crippen molar-refractivity contribution in [3.63, 3.8) is 0 Å². The van der Waals surface area contributed by atoms with Gasteiger partial charge in [0.15, 0.2) is 0 Å². The van der Waals surface area contributed by atoms with E-state index in [9.17, 15) is 0 Å². The van der Waals surface area contributed by atoms with Gasteiger partial charge in [0, 0.05) is 12.1 Å². The number of hydrogen-bond donors (Lipinski definition) is 2. The van der Waals surface area contributed by atoms with Crippen LogP contribution in [0.5, 0.6) is 0 Å². The van der Waals surface area contributed by atoms with Gasteiger partial charge in [0.2, 0.25) is 0 Å². The fourth-order valence-corrected chi connectivity index (χ4v) is 2.22. The molecule has 0 unspecified atom stereocenters. The lowest BCUT2D eigenvalue weighted by molar-refractivity contribution is 0.520. The highest BCUT2D eigenvalue weighted by Gasteiger charge is 2.40. The van der Waals surface area contributed by atoms with Gasteiger partial charge >= 0.3 is 0 Å². The minimum Gasteiger partial charge on any atom is -0.383 e. The molecular weight excluding hydrogens is 212 g/mol. The molecule has 1 saturated carbocycles. The van der Waals surface area contributed by atoms with Crippen LogP contribution in [0.3, 0.4) is 0 Å². The SMILES string of the molecule is CCC1(CNc2ncnc(N)c2C(C)C)CC1. The number of nitrogen functional groups attached to an aromatic ring is 1. The summed E-state index contributed by atoms with van der Waals surface area (Å²) in [5, 5.41) is 3.46. The average Bonchev–Trinajstić information content (AvgIpc) is 3.06. The summed E-state index contributed by atoms with van der Waals surface area (Å²) in [5.41, 5.74) is 7.47. The fraction of sp³-hybridized carbons (Fsp3) is 0.692. The molecule has 1 aromatic heterocycles. The number of rotatable bonds is 5. The molecule has 1 fully saturated rings. The highest BCUT2D eigenvalue weighted by molar-refractivity contribution is 5.56. The molecule has 1 aromatic rings. The predicted molar refractivity (Wildman–Crippen MR) is 71.0 cm³/mol. The standard InChI is InChI=1S/C13H22N4/c1-4-13(5-6-13)7-15-12-10(9(2)3)11(14)16-8-17-12/h8-9H,4-7H2,1-3H3,(H3,14,15,16,17). The first-order chi connectivity index (χ1) is 8.08. The number of nitrogens with zero attached hydrogens (tertiary/aromatic N) is 2. The lowest BCUT2D eigenvalue weighted by Gasteiger charge is -2.18. The minimum absolute atomic E-state index is 0.343. The summed E-state index contributed by atoms with van der Waals surface area (Å²) in [5.74, 6) is 1.85. The van der Waals surface area contributed by atoms with E-state index in [0.717, 1.165) is 17.9 Å². The Labute approximate surface area is 103 Å². The zero-order chi connectivity index (χ0) is 12.5. The molecule has 0 atom stereocenters. The summed E-state index contributed by atoms with van der Waals surface area (Å²) in [7, 11) is 0. The second-order valence-corrected chi connectivity index (χ2v) is 5.38. The molecule has 17 heavy (non-hydrogen) atoms. The zero-order valence-electron chi connectivity index (χ0n) is 11.0. The van der Waals surface area contributed by atoms with Crippen molar-refractivity contribution < 1.29 is 0 Å². The number of nitrogens with two attached hydrogens (primary N) is 1. The third-order valence-electron chi connectivity index (χ3n) is 3.83. The molecule has 0 radical (unpaired) electrons. The Hall–Kier alpha value is -1.32. The topological polar surface area (TPSA) is 63.8 Å². The van der Waals surface area contributed by atoms with Crippen LogP contribution in [-0.4, -0.2) is 16.5 Å². The first-order valence-electron chi connectivity index (χ1n) is 6.42. The van der Waals surface area contributed by atoms with Gasteiger partial charge in [-0.15, -0.1) is 0 Å². The highest BCUT2D eigenvalue weighted by Crippen LogP contribution is 2.48. The third kappa shape index (κ3) is 2.51. The molecule has 0 spiro atoms. The van der Waals surface area contributed by atoms with Gasteiger partial charge < -0.3 is 11.1 Å². The number of nitrogens with one attached hydrogen (secondary N) is 1. The monoisotopic (exact) mass is 234 g/mol. The molecule has 4 nitrogen and oxygen atoms in total. The van der Waals surface area contributed by atoms with E-state index in [1.807, 2.05) is 0 Å². The van der Waals surface area contributed by atoms with E-state index in [-0.39, 0.29) is 0 Å². The number of anilines is 2. The molecule has 0 aliphatic heterocycles. The van der Waals surface area contributed by atoms with Crippen molar-refractivity contribution in [3.05, 3.63) is 11.9 Å². The first kappa shape index (κ1) is 12.1. The second kappa shape index (κ2) is 4.51. The van der Waals surface area contributed by atoms with Crippen LogP contribution in [0.15, 0.2) is 6.33 Å². The van der Waals surface area contributed by atoms with E-state index in [4.69, 9.17) is 5.73 Å². The molecule has 94 valence electrons.